The number of aromatic nitrogens is 1. The first-order chi connectivity index (χ1) is 13.0. The predicted octanol–water partition coefficient (Wildman–Crippen LogP) is 4.09. The number of oxazole rings is 1. The molecule has 0 aliphatic heterocycles. The van der Waals surface area contributed by atoms with E-state index in [2.05, 4.69) is 20.9 Å². The van der Waals surface area contributed by atoms with E-state index in [0.717, 1.165) is 5.52 Å². The summed E-state index contributed by atoms with van der Waals surface area (Å²) in [6, 6.07) is 14.1. The molecule has 0 aliphatic carbocycles. The summed E-state index contributed by atoms with van der Waals surface area (Å²) >= 11 is 1.21. The van der Waals surface area contributed by atoms with Crippen molar-refractivity contribution in [2.24, 2.45) is 0 Å². The first-order valence-corrected chi connectivity index (χ1v) is 9.44. The van der Waals surface area contributed by atoms with Gasteiger partial charge in [0.15, 0.2) is 5.58 Å². The number of thioether (sulfide) groups is 1. The Morgan fingerprint density at radius 2 is 1.70 bits per heavy atom. The van der Waals surface area contributed by atoms with Crippen LogP contribution in [0.2, 0.25) is 0 Å². The Morgan fingerprint density at radius 3 is 2.41 bits per heavy atom. The molecule has 7 nitrogen and oxygen atoms in total. The van der Waals surface area contributed by atoms with Gasteiger partial charge in [0.25, 0.3) is 5.22 Å². The molecule has 1 heterocycles. The third-order valence-electron chi connectivity index (χ3n) is 3.47. The number of rotatable bonds is 6. The number of amides is 3. The van der Waals surface area contributed by atoms with Crippen LogP contribution in [-0.4, -0.2) is 28.7 Å². The van der Waals surface area contributed by atoms with Crippen molar-refractivity contribution in [1.82, 2.24) is 10.3 Å². The quantitative estimate of drug-likeness (QED) is 0.556. The lowest BCUT2D eigenvalue weighted by molar-refractivity contribution is -0.113. The van der Waals surface area contributed by atoms with E-state index in [9.17, 15) is 9.59 Å². The van der Waals surface area contributed by atoms with Crippen LogP contribution in [-0.2, 0) is 4.79 Å². The molecule has 0 bridgehead atoms. The van der Waals surface area contributed by atoms with Crippen molar-refractivity contribution in [3.05, 3.63) is 48.5 Å². The zero-order valence-electron chi connectivity index (χ0n) is 15.0. The second kappa shape index (κ2) is 8.59. The number of hydrogen-bond donors (Lipinski definition) is 3. The van der Waals surface area contributed by atoms with Crippen molar-refractivity contribution in [1.29, 1.82) is 0 Å². The van der Waals surface area contributed by atoms with Crippen molar-refractivity contribution in [2.45, 2.75) is 25.1 Å². The molecule has 2 aromatic carbocycles. The van der Waals surface area contributed by atoms with E-state index in [-0.39, 0.29) is 23.7 Å². The van der Waals surface area contributed by atoms with Crippen LogP contribution in [0.5, 0.6) is 0 Å². The summed E-state index contributed by atoms with van der Waals surface area (Å²) in [5, 5.41) is 8.72. The summed E-state index contributed by atoms with van der Waals surface area (Å²) in [4.78, 5) is 28.5. The van der Waals surface area contributed by atoms with Gasteiger partial charge in [-0.1, -0.05) is 36.0 Å². The smallest absolute Gasteiger partial charge is 0.319 e. The zero-order valence-corrected chi connectivity index (χ0v) is 15.8. The Kier molecular flexibility index (Phi) is 5.97. The van der Waals surface area contributed by atoms with Gasteiger partial charge in [-0.2, -0.15) is 0 Å². The number of hydrogen-bond acceptors (Lipinski definition) is 5. The average molecular weight is 384 g/mol. The summed E-state index contributed by atoms with van der Waals surface area (Å²) < 4.78 is 5.59. The highest BCUT2D eigenvalue weighted by Crippen LogP contribution is 2.24. The van der Waals surface area contributed by atoms with Gasteiger partial charge in [-0.15, -0.1) is 0 Å². The number of benzene rings is 2. The molecule has 0 fully saturated rings. The third kappa shape index (κ3) is 5.24. The van der Waals surface area contributed by atoms with Gasteiger partial charge < -0.3 is 20.4 Å². The highest BCUT2D eigenvalue weighted by molar-refractivity contribution is 7.99. The molecular formula is C19H20N4O3S. The fourth-order valence-electron chi connectivity index (χ4n) is 2.35. The molecule has 0 unspecified atom stereocenters. The predicted molar refractivity (Wildman–Crippen MR) is 107 cm³/mol. The summed E-state index contributed by atoms with van der Waals surface area (Å²) in [6.45, 7) is 3.74. The maximum Gasteiger partial charge on any atom is 0.319 e. The maximum absolute atomic E-state index is 12.3. The second-order valence-corrected chi connectivity index (χ2v) is 7.01. The minimum Gasteiger partial charge on any atom is -0.431 e. The molecule has 0 saturated carbocycles. The van der Waals surface area contributed by atoms with E-state index in [1.54, 1.807) is 24.3 Å². The Hall–Kier alpha value is -3.00. The van der Waals surface area contributed by atoms with Crippen LogP contribution in [0.1, 0.15) is 13.8 Å². The standard InChI is InChI=1S/C19H20N4O3S/c1-12(2)20-18(25)22-14-8-4-3-7-13(14)21-17(24)11-27-19-23-15-9-5-6-10-16(15)26-19/h3-10,12H,11H2,1-2H3,(H,21,24)(H2,20,22,25). The van der Waals surface area contributed by atoms with E-state index < -0.39 is 0 Å². The largest absolute Gasteiger partial charge is 0.431 e. The van der Waals surface area contributed by atoms with Crippen LogP contribution in [0.4, 0.5) is 16.2 Å². The molecule has 3 rings (SSSR count). The lowest BCUT2D eigenvalue weighted by atomic mass is 10.2. The van der Waals surface area contributed by atoms with Gasteiger partial charge in [-0.3, -0.25) is 4.79 Å². The SMILES string of the molecule is CC(C)NC(=O)Nc1ccccc1NC(=O)CSc1nc2ccccc2o1. The molecule has 8 heteroatoms. The normalized spacial score (nSPS) is 10.8. The monoisotopic (exact) mass is 384 g/mol. The molecule has 27 heavy (non-hydrogen) atoms. The van der Waals surface area contributed by atoms with Gasteiger partial charge in [0.05, 0.1) is 17.1 Å². The molecule has 1 aromatic heterocycles. The van der Waals surface area contributed by atoms with Crippen LogP contribution in [0.25, 0.3) is 11.1 Å². The van der Waals surface area contributed by atoms with Gasteiger partial charge in [0, 0.05) is 6.04 Å². The van der Waals surface area contributed by atoms with Crippen molar-refractivity contribution in [3.8, 4) is 0 Å². The highest BCUT2D eigenvalue weighted by atomic mass is 32.2. The van der Waals surface area contributed by atoms with Crippen LogP contribution < -0.4 is 16.0 Å². The van der Waals surface area contributed by atoms with Gasteiger partial charge >= 0.3 is 6.03 Å². The van der Waals surface area contributed by atoms with Gasteiger partial charge in [0.2, 0.25) is 5.91 Å². The van der Waals surface area contributed by atoms with E-state index in [0.29, 0.717) is 22.2 Å². The van der Waals surface area contributed by atoms with Gasteiger partial charge in [-0.25, -0.2) is 9.78 Å². The van der Waals surface area contributed by atoms with Gasteiger partial charge in [0.1, 0.15) is 5.52 Å². The fraction of sp³-hybridized carbons (Fsp3) is 0.211. The molecule has 0 radical (unpaired) electrons. The third-order valence-corrected chi connectivity index (χ3v) is 4.30. The van der Waals surface area contributed by atoms with Crippen molar-refractivity contribution >= 4 is 46.2 Å². The van der Waals surface area contributed by atoms with Crippen molar-refractivity contribution in [2.75, 3.05) is 16.4 Å². The molecule has 140 valence electrons. The number of nitrogens with one attached hydrogen (secondary N) is 3. The summed E-state index contributed by atoms with van der Waals surface area (Å²) in [7, 11) is 0. The van der Waals surface area contributed by atoms with Crippen LogP contribution in [0.15, 0.2) is 58.2 Å². The molecular weight excluding hydrogens is 364 g/mol. The number of urea groups is 1. The molecule has 3 aromatic rings. The van der Waals surface area contributed by atoms with Crippen molar-refractivity contribution < 1.29 is 14.0 Å². The summed E-state index contributed by atoms with van der Waals surface area (Å²) in [6.07, 6.45) is 0. The Morgan fingerprint density at radius 1 is 1.04 bits per heavy atom. The lowest BCUT2D eigenvalue weighted by Crippen LogP contribution is -2.34. The minimum absolute atomic E-state index is 0.0134. The van der Waals surface area contributed by atoms with E-state index in [1.165, 1.54) is 11.8 Å². The number of carbonyl (C=O) groups excluding carboxylic acids is 2. The number of fused-ring (bicyclic) bond motifs is 1. The number of nitrogens with zero attached hydrogens (tertiary/aromatic N) is 1. The van der Waals surface area contributed by atoms with Gasteiger partial charge in [-0.05, 0) is 38.1 Å². The van der Waals surface area contributed by atoms with Crippen LogP contribution >= 0.6 is 11.8 Å². The fourth-order valence-corrected chi connectivity index (χ4v) is 2.99. The summed E-state index contributed by atoms with van der Waals surface area (Å²) in [5.41, 5.74) is 2.49. The number of carbonyl (C=O) groups is 2. The van der Waals surface area contributed by atoms with E-state index in [1.807, 2.05) is 38.1 Å². The first-order valence-electron chi connectivity index (χ1n) is 8.46. The lowest BCUT2D eigenvalue weighted by Gasteiger charge is -2.14. The maximum atomic E-state index is 12.3. The molecule has 0 saturated heterocycles. The second-order valence-electron chi connectivity index (χ2n) is 6.08. The topological polar surface area (TPSA) is 96.3 Å². The molecule has 0 spiro atoms. The van der Waals surface area contributed by atoms with Crippen LogP contribution in [0.3, 0.4) is 0 Å². The Bertz CT molecular complexity index is 922. The zero-order chi connectivity index (χ0) is 19.2. The first kappa shape index (κ1) is 18.8. The van der Waals surface area contributed by atoms with E-state index in [4.69, 9.17) is 4.42 Å². The van der Waals surface area contributed by atoms with Crippen LogP contribution in [0, 0.1) is 0 Å². The number of para-hydroxylation sites is 4. The number of anilines is 2. The highest BCUT2D eigenvalue weighted by Gasteiger charge is 2.12. The molecule has 0 aliphatic rings. The average Bonchev–Trinajstić information content (AvgIpc) is 3.04. The summed E-state index contributed by atoms with van der Waals surface area (Å²) in [5.74, 6) is -0.0833. The Balaban J connectivity index is 1.59. The molecule has 3 amide bonds. The van der Waals surface area contributed by atoms with Crippen molar-refractivity contribution in [3.63, 3.8) is 0 Å². The van der Waals surface area contributed by atoms with E-state index >= 15 is 0 Å². The molecule has 3 N–H and O–H groups in total. The Labute approximate surface area is 160 Å². The minimum atomic E-state index is -0.326. The molecule has 0 atom stereocenters.